The Hall–Kier alpha value is -1.62. The van der Waals surface area contributed by atoms with Gasteiger partial charge < -0.3 is 9.47 Å². The molecule has 0 unspecified atom stereocenters. The van der Waals surface area contributed by atoms with E-state index < -0.39 is 11.6 Å². The van der Waals surface area contributed by atoms with Crippen molar-refractivity contribution < 1.29 is 18.3 Å². The summed E-state index contributed by atoms with van der Waals surface area (Å²) >= 11 is 3.32. The van der Waals surface area contributed by atoms with Crippen LogP contribution in [0.25, 0.3) is 0 Å². The van der Waals surface area contributed by atoms with Crippen LogP contribution in [0.5, 0.6) is 11.5 Å². The molecule has 0 aliphatic rings. The van der Waals surface area contributed by atoms with Gasteiger partial charge in [-0.25, -0.2) is 8.78 Å². The van der Waals surface area contributed by atoms with E-state index in [9.17, 15) is 8.78 Å². The maximum atomic E-state index is 13.2. The van der Waals surface area contributed by atoms with Crippen LogP contribution in [0, 0.1) is 11.6 Å². The van der Waals surface area contributed by atoms with Crippen molar-refractivity contribution in [1.82, 2.24) is 0 Å². The lowest BCUT2D eigenvalue weighted by atomic mass is 10.3. The second-order valence-electron chi connectivity index (χ2n) is 3.73. The smallest absolute Gasteiger partial charge is 0.165 e. The second-order valence-corrected chi connectivity index (χ2v) is 4.64. The Labute approximate surface area is 118 Å². The summed E-state index contributed by atoms with van der Waals surface area (Å²) in [4.78, 5) is 0. The van der Waals surface area contributed by atoms with Gasteiger partial charge in [0.05, 0.1) is 0 Å². The van der Waals surface area contributed by atoms with Crippen LogP contribution >= 0.6 is 15.9 Å². The minimum Gasteiger partial charge on any atom is -0.490 e. The number of halogens is 3. The molecule has 0 aliphatic heterocycles. The molecule has 0 N–H and O–H groups in total. The average molecular weight is 329 g/mol. The van der Waals surface area contributed by atoms with Crippen LogP contribution in [0.1, 0.15) is 0 Å². The molecule has 0 heterocycles. The summed E-state index contributed by atoms with van der Waals surface area (Å²) in [6.45, 7) is 0.374. The van der Waals surface area contributed by atoms with E-state index in [2.05, 4.69) is 15.9 Å². The zero-order chi connectivity index (χ0) is 13.7. The summed E-state index contributed by atoms with van der Waals surface area (Å²) in [6, 6.07) is 10.4. The predicted molar refractivity (Wildman–Crippen MR) is 71.5 cm³/mol. The summed E-state index contributed by atoms with van der Waals surface area (Å²) in [6.07, 6.45) is 0. The fourth-order valence-electron chi connectivity index (χ4n) is 1.46. The summed E-state index contributed by atoms with van der Waals surface area (Å²) in [5.41, 5.74) is 0. The normalized spacial score (nSPS) is 10.3. The van der Waals surface area contributed by atoms with E-state index in [1.807, 2.05) is 18.2 Å². The molecule has 0 amide bonds. The van der Waals surface area contributed by atoms with E-state index in [4.69, 9.17) is 9.47 Å². The quantitative estimate of drug-likeness (QED) is 0.766. The van der Waals surface area contributed by atoms with Crippen LogP contribution in [-0.2, 0) is 0 Å². The van der Waals surface area contributed by atoms with Gasteiger partial charge in [-0.05, 0) is 30.3 Å². The van der Waals surface area contributed by atoms with Crippen molar-refractivity contribution in [3.63, 3.8) is 0 Å². The van der Waals surface area contributed by atoms with Gasteiger partial charge in [-0.3, -0.25) is 0 Å². The highest BCUT2D eigenvalue weighted by Gasteiger charge is 2.04. The van der Waals surface area contributed by atoms with Crippen molar-refractivity contribution in [2.45, 2.75) is 0 Å². The molecule has 0 atom stereocenters. The van der Waals surface area contributed by atoms with Crippen LogP contribution in [0.4, 0.5) is 8.78 Å². The first-order valence-electron chi connectivity index (χ1n) is 5.61. The van der Waals surface area contributed by atoms with E-state index in [0.717, 1.165) is 22.7 Å². The third-order valence-electron chi connectivity index (χ3n) is 2.30. The van der Waals surface area contributed by atoms with Gasteiger partial charge in [0.15, 0.2) is 11.6 Å². The Bertz CT molecular complexity index is 561. The van der Waals surface area contributed by atoms with Crippen molar-refractivity contribution >= 4 is 15.9 Å². The molecule has 2 aromatic rings. The van der Waals surface area contributed by atoms with Gasteiger partial charge in [0.2, 0.25) is 0 Å². The Kier molecular flexibility index (Phi) is 4.74. The van der Waals surface area contributed by atoms with E-state index in [1.165, 1.54) is 0 Å². The highest BCUT2D eigenvalue weighted by molar-refractivity contribution is 9.10. The zero-order valence-electron chi connectivity index (χ0n) is 9.91. The van der Waals surface area contributed by atoms with Crippen LogP contribution < -0.4 is 9.47 Å². The van der Waals surface area contributed by atoms with Gasteiger partial charge in [0.1, 0.15) is 24.8 Å². The molecule has 0 saturated carbocycles. The van der Waals surface area contributed by atoms with Crippen LogP contribution in [0.15, 0.2) is 46.9 Å². The van der Waals surface area contributed by atoms with Gasteiger partial charge in [-0.1, -0.05) is 22.0 Å². The third kappa shape index (κ3) is 4.21. The molecular formula is C14H11BrF2O2. The van der Waals surface area contributed by atoms with Crippen molar-refractivity contribution in [3.05, 3.63) is 58.6 Å². The minimum absolute atomic E-state index is 0.113. The van der Waals surface area contributed by atoms with Crippen LogP contribution in [0.3, 0.4) is 0 Å². The zero-order valence-corrected chi connectivity index (χ0v) is 11.5. The largest absolute Gasteiger partial charge is 0.490 e. The Morgan fingerprint density at radius 3 is 2.53 bits per heavy atom. The Morgan fingerprint density at radius 2 is 1.74 bits per heavy atom. The van der Waals surface area contributed by atoms with Gasteiger partial charge in [-0.2, -0.15) is 0 Å². The lowest BCUT2D eigenvalue weighted by Crippen LogP contribution is -2.09. The Morgan fingerprint density at radius 1 is 0.947 bits per heavy atom. The first-order valence-corrected chi connectivity index (χ1v) is 6.40. The van der Waals surface area contributed by atoms with E-state index in [-0.39, 0.29) is 19.0 Å². The van der Waals surface area contributed by atoms with Crippen LogP contribution in [-0.4, -0.2) is 13.2 Å². The van der Waals surface area contributed by atoms with Gasteiger partial charge in [0.25, 0.3) is 0 Å². The molecule has 0 bridgehead atoms. The molecule has 0 spiro atoms. The molecule has 0 fully saturated rings. The lowest BCUT2D eigenvalue weighted by molar-refractivity contribution is 0.211. The van der Waals surface area contributed by atoms with Gasteiger partial charge in [-0.15, -0.1) is 0 Å². The van der Waals surface area contributed by atoms with Crippen molar-refractivity contribution in [2.75, 3.05) is 13.2 Å². The number of ether oxygens (including phenoxy) is 2. The predicted octanol–water partition coefficient (Wildman–Crippen LogP) is 4.19. The number of hydrogen-bond acceptors (Lipinski definition) is 2. The Balaban J connectivity index is 1.82. The molecule has 2 aromatic carbocycles. The van der Waals surface area contributed by atoms with E-state index in [0.29, 0.717) is 5.75 Å². The average Bonchev–Trinajstić information content (AvgIpc) is 2.39. The van der Waals surface area contributed by atoms with Crippen molar-refractivity contribution in [1.29, 1.82) is 0 Å². The first kappa shape index (κ1) is 13.8. The standard InChI is InChI=1S/C14H11BrF2O2/c15-10-2-1-3-12(8-10)18-6-7-19-14-9-11(16)4-5-13(14)17/h1-5,8-9H,6-7H2. The molecule has 19 heavy (non-hydrogen) atoms. The number of hydrogen-bond donors (Lipinski definition) is 0. The number of benzene rings is 2. The van der Waals surface area contributed by atoms with Crippen LogP contribution in [0.2, 0.25) is 0 Å². The monoisotopic (exact) mass is 328 g/mol. The minimum atomic E-state index is -0.594. The van der Waals surface area contributed by atoms with Crippen molar-refractivity contribution in [2.24, 2.45) is 0 Å². The summed E-state index contributed by atoms with van der Waals surface area (Å²) in [7, 11) is 0. The molecule has 0 aliphatic carbocycles. The molecule has 0 radical (unpaired) electrons. The molecule has 0 saturated heterocycles. The maximum Gasteiger partial charge on any atom is 0.165 e. The molecule has 5 heteroatoms. The van der Waals surface area contributed by atoms with E-state index >= 15 is 0 Å². The first-order chi connectivity index (χ1) is 9.15. The van der Waals surface area contributed by atoms with Gasteiger partial charge >= 0.3 is 0 Å². The topological polar surface area (TPSA) is 18.5 Å². The highest BCUT2D eigenvalue weighted by atomic mass is 79.9. The summed E-state index contributed by atoms with van der Waals surface area (Å²) in [5, 5.41) is 0. The molecule has 2 rings (SSSR count). The molecule has 0 aromatic heterocycles. The molecular weight excluding hydrogens is 318 g/mol. The fourth-order valence-corrected chi connectivity index (χ4v) is 1.83. The summed E-state index contributed by atoms with van der Waals surface area (Å²) < 4.78 is 37.5. The maximum absolute atomic E-state index is 13.2. The summed E-state index contributed by atoms with van der Waals surface area (Å²) in [5.74, 6) is -0.566. The second kappa shape index (κ2) is 6.52. The van der Waals surface area contributed by atoms with Gasteiger partial charge in [0, 0.05) is 10.5 Å². The lowest BCUT2D eigenvalue weighted by Gasteiger charge is -2.09. The molecule has 2 nitrogen and oxygen atoms in total. The molecule has 100 valence electrons. The number of rotatable bonds is 5. The fraction of sp³-hybridized carbons (Fsp3) is 0.143. The van der Waals surface area contributed by atoms with Crippen molar-refractivity contribution in [3.8, 4) is 11.5 Å². The highest BCUT2D eigenvalue weighted by Crippen LogP contribution is 2.19. The third-order valence-corrected chi connectivity index (χ3v) is 2.79. The van der Waals surface area contributed by atoms with E-state index in [1.54, 1.807) is 6.07 Å². The SMILES string of the molecule is Fc1ccc(F)c(OCCOc2cccc(Br)c2)c1.